The lowest BCUT2D eigenvalue weighted by molar-refractivity contribution is 0.124. The lowest BCUT2D eigenvalue weighted by atomic mass is 10.2. The van der Waals surface area contributed by atoms with Gasteiger partial charge in [0.1, 0.15) is 5.60 Å². The molecule has 0 fully saturated rings. The number of nitrogens with one attached hydrogen (secondary N) is 1. The van der Waals surface area contributed by atoms with Gasteiger partial charge in [0.25, 0.3) is 0 Å². The van der Waals surface area contributed by atoms with E-state index < -0.39 is 0 Å². The average Bonchev–Trinajstić information content (AvgIpc) is 2.18. The highest BCUT2D eigenvalue weighted by atomic mass is 16.5. The Labute approximate surface area is 105 Å². The van der Waals surface area contributed by atoms with Gasteiger partial charge in [0.05, 0.1) is 0 Å². The predicted octanol–water partition coefficient (Wildman–Crippen LogP) is 3.00. The van der Waals surface area contributed by atoms with Gasteiger partial charge in [-0.05, 0) is 38.8 Å². The quantitative estimate of drug-likeness (QED) is 0.853. The number of aromatic nitrogens is 1. The van der Waals surface area contributed by atoms with E-state index in [4.69, 9.17) is 4.74 Å². The van der Waals surface area contributed by atoms with E-state index in [-0.39, 0.29) is 5.60 Å². The highest BCUT2D eigenvalue weighted by Crippen LogP contribution is 2.15. The van der Waals surface area contributed by atoms with Crippen LogP contribution in [0.3, 0.4) is 0 Å². The Morgan fingerprint density at radius 1 is 1.29 bits per heavy atom. The summed E-state index contributed by atoms with van der Waals surface area (Å²) in [5.74, 6) is 1.36. The van der Waals surface area contributed by atoms with Gasteiger partial charge in [-0.2, -0.15) is 0 Å². The lowest BCUT2D eigenvalue weighted by Gasteiger charge is -2.20. The first kappa shape index (κ1) is 14.0. The van der Waals surface area contributed by atoms with Crippen LogP contribution in [0, 0.1) is 5.92 Å². The van der Waals surface area contributed by atoms with Crippen molar-refractivity contribution in [2.75, 3.05) is 6.54 Å². The number of ether oxygens (including phenoxy) is 1. The number of nitrogens with zero attached hydrogens (tertiary/aromatic N) is 1. The Balaban J connectivity index is 2.45. The van der Waals surface area contributed by atoms with Gasteiger partial charge in [-0.3, -0.25) is 0 Å². The monoisotopic (exact) mass is 236 g/mol. The van der Waals surface area contributed by atoms with Crippen LogP contribution in [0.25, 0.3) is 0 Å². The zero-order valence-corrected chi connectivity index (χ0v) is 11.6. The second kappa shape index (κ2) is 6.01. The van der Waals surface area contributed by atoms with Crippen LogP contribution in [-0.4, -0.2) is 17.1 Å². The van der Waals surface area contributed by atoms with Crippen molar-refractivity contribution in [2.24, 2.45) is 5.92 Å². The van der Waals surface area contributed by atoms with Crippen molar-refractivity contribution < 1.29 is 4.74 Å². The van der Waals surface area contributed by atoms with Gasteiger partial charge >= 0.3 is 0 Å². The first-order valence-corrected chi connectivity index (χ1v) is 6.21. The summed E-state index contributed by atoms with van der Waals surface area (Å²) >= 11 is 0. The summed E-state index contributed by atoms with van der Waals surface area (Å²) in [5.41, 5.74) is 0.997. The SMILES string of the molecule is CC(C)CNCc1ccc(OC(C)(C)C)nc1. The van der Waals surface area contributed by atoms with E-state index in [1.165, 1.54) is 5.56 Å². The number of rotatable bonds is 5. The van der Waals surface area contributed by atoms with E-state index in [0.29, 0.717) is 11.8 Å². The van der Waals surface area contributed by atoms with Crippen molar-refractivity contribution in [3.8, 4) is 5.88 Å². The molecule has 0 radical (unpaired) electrons. The average molecular weight is 236 g/mol. The van der Waals surface area contributed by atoms with E-state index in [9.17, 15) is 0 Å². The summed E-state index contributed by atoms with van der Waals surface area (Å²) in [4.78, 5) is 4.30. The molecule has 0 saturated heterocycles. The molecule has 0 spiro atoms. The van der Waals surface area contributed by atoms with E-state index >= 15 is 0 Å². The summed E-state index contributed by atoms with van der Waals surface area (Å²) in [7, 11) is 0. The smallest absolute Gasteiger partial charge is 0.213 e. The van der Waals surface area contributed by atoms with Crippen molar-refractivity contribution in [3.05, 3.63) is 23.9 Å². The van der Waals surface area contributed by atoms with Gasteiger partial charge in [-0.15, -0.1) is 0 Å². The first-order chi connectivity index (χ1) is 7.87. The summed E-state index contributed by atoms with van der Waals surface area (Å²) in [5, 5.41) is 3.39. The van der Waals surface area contributed by atoms with Crippen molar-refractivity contribution in [1.29, 1.82) is 0 Å². The maximum atomic E-state index is 5.67. The second-order valence-corrected chi connectivity index (χ2v) is 5.74. The van der Waals surface area contributed by atoms with Gasteiger partial charge in [-0.25, -0.2) is 4.98 Å². The van der Waals surface area contributed by atoms with Crippen molar-refractivity contribution in [3.63, 3.8) is 0 Å². The van der Waals surface area contributed by atoms with Gasteiger partial charge in [-0.1, -0.05) is 19.9 Å². The standard InChI is InChI=1S/C14H24N2O/c1-11(2)8-15-9-12-6-7-13(16-10-12)17-14(3,4)5/h6-7,10-11,15H,8-9H2,1-5H3. The number of hydrogen-bond acceptors (Lipinski definition) is 3. The molecule has 96 valence electrons. The second-order valence-electron chi connectivity index (χ2n) is 5.74. The van der Waals surface area contributed by atoms with Crippen LogP contribution in [0.2, 0.25) is 0 Å². The van der Waals surface area contributed by atoms with Gasteiger partial charge in [0, 0.05) is 18.8 Å². The predicted molar refractivity (Wildman–Crippen MR) is 71.2 cm³/mol. The number of hydrogen-bond donors (Lipinski definition) is 1. The molecule has 0 atom stereocenters. The van der Waals surface area contributed by atoms with Crippen LogP contribution in [0.5, 0.6) is 5.88 Å². The fourth-order valence-electron chi connectivity index (χ4n) is 1.39. The van der Waals surface area contributed by atoms with Gasteiger partial charge < -0.3 is 10.1 Å². The van der Waals surface area contributed by atoms with Crippen molar-refractivity contribution >= 4 is 0 Å². The van der Waals surface area contributed by atoms with Crippen LogP contribution in [0.1, 0.15) is 40.2 Å². The fourth-order valence-corrected chi connectivity index (χ4v) is 1.39. The molecule has 3 heteroatoms. The topological polar surface area (TPSA) is 34.1 Å². The zero-order valence-electron chi connectivity index (χ0n) is 11.6. The lowest BCUT2D eigenvalue weighted by Crippen LogP contribution is -2.23. The molecule has 0 aliphatic rings. The molecule has 0 aliphatic carbocycles. The summed E-state index contributed by atoms with van der Waals surface area (Å²) in [6, 6.07) is 3.99. The van der Waals surface area contributed by atoms with E-state index in [2.05, 4.69) is 30.2 Å². The fraction of sp³-hybridized carbons (Fsp3) is 0.643. The highest BCUT2D eigenvalue weighted by Gasteiger charge is 2.12. The van der Waals surface area contributed by atoms with Crippen LogP contribution in [0.15, 0.2) is 18.3 Å². The third-order valence-corrected chi connectivity index (χ3v) is 2.09. The maximum absolute atomic E-state index is 5.67. The van der Waals surface area contributed by atoms with Crippen molar-refractivity contribution in [1.82, 2.24) is 10.3 Å². The summed E-state index contributed by atoms with van der Waals surface area (Å²) in [6.45, 7) is 12.4. The Bertz CT molecular complexity index is 325. The maximum Gasteiger partial charge on any atom is 0.213 e. The molecule has 0 amide bonds. The molecule has 0 saturated carbocycles. The Kier molecular flexibility index (Phi) is 4.94. The zero-order chi connectivity index (χ0) is 12.9. The number of pyridine rings is 1. The van der Waals surface area contributed by atoms with Crippen LogP contribution >= 0.6 is 0 Å². The largest absolute Gasteiger partial charge is 0.472 e. The third-order valence-electron chi connectivity index (χ3n) is 2.09. The molecular formula is C14H24N2O. The van der Waals surface area contributed by atoms with Gasteiger partial charge in [0.2, 0.25) is 5.88 Å². The van der Waals surface area contributed by atoms with E-state index in [1.54, 1.807) is 0 Å². The minimum absolute atomic E-state index is 0.190. The third kappa shape index (κ3) is 6.27. The molecule has 1 aromatic rings. The summed E-state index contributed by atoms with van der Waals surface area (Å²) < 4.78 is 5.67. The molecule has 0 aromatic carbocycles. The van der Waals surface area contributed by atoms with Gasteiger partial charge in [0.15, 0.2) is 0 Å². The Morgan fingerprint density at radius 2 is 2.00 bits per heavy atom. The molecule has 1 rings (SSSR count). The highest BCUT2D eigenvalue weighted by molar-refractivity contribution is 5.18. The normalized spacial score (nSPS) is 11.9. The van der Waals surface area contributed by atoms with Crippen molar-refractivity contribution in [2.45, 2.75) is 46.8 Å². The Morgan fingerprint density at radius 3 is 2.47 bits per heavy atom. The molecule has 0 bridgehead atoms. The first-order valence-electron chi connectivity index (χ1n) is 6.21. The molecule has 17 heavy (non-hydrogen) atoms. The molecule has 1 aromatic heterocycles. The molecule has 0 unspecified atom stereocenters. The van der Waals surface area contributed by atoms with Crippen LogP contribution in [0.4, 0.5) is 0 Å². The molecule has 1 heterocycles. The molecule has 0 aliphatic heterocycles. The summed E-state index contributed by atoms with van der Waals surface area (Å²) in [6.07, 6.45) is 1.87. The molecule has 1 N–H and O–H groups in total. The molecular weight excluding hydrogens is 212 g/mol. The van der Waals surface area contributed by atoms with Crippen LogP contribution in [-0.2, 0) is 6.54 Å². The minimum Gasteiger partial charge on any atom is -0.472 e. The van der Waals surface area contributed by atoms with Crippen LogP contribution < -0.4 is 10.1 Å². The Hall–Kier alpha value is -1.09. The van der Waals surface area contributed by atoms with E-state index in [1.807, 2.05) is 33.0 Å². The minimum atomic E-state index is -0.190. The molecule has 3 nitrogen and oxygen atoms in total. The van der Waals surface area contributed by atoms with E-state index in [0.717, 1.165) is 13.1 Å².